The number of nitrogens with zero attached hydrogens (tertiary/aromatic N) is 1. The van der Waals surface area contributed by atoms with Crippen LogP contribution in [-0.2, 0) is 4.79 Å². The summed E-state index contributed by atoms with van der Waals surface area (Å²) in [6.07, 6.45) is 1.37. The van der Waals surface area contributed by atoms with Gasteiger partial charge in [0.15, 0.2) is 6.61 Å². The molecule has 2 aromatic carbocycles. The Balaban J connectivity index is 1.50. The summed E-state index contributed by atoms with van der Waals surface area (Å²) in [7, 11) is 0. The maximum atomic E-state index is 12.6. The van der Waals surface area contributed by atoms with E-state index in [1.807, 2.05) is 26.8 Å². The van der Waals surface area contributed by atoms with Crippen LogP contribution in [0.3, 0.4) is 0 Å². The number of nitrogens with one attached hydrogen (secondary N) is 1. The summed E-state index contributed by atoms with van der Waals surface area (Å²) in [4.78, 5) is 26.9. The number of rotatable bonds is 5. The molecule has 0 radical (unpaired) electrons. The first-order valence-corrected chi connectivity index (χ1v) is 10.7. The number of aryl methyl sites for hydroxylation is 2. The van der Waals surface area contributed by atoms with Crippen LogP contribution in [-0.4, -0.2) is 42.5 Å². The van der Waals surface area contributed by atoms with Crippen LogP contribution in [0.4, 0.5) is 0 Å². The lowest BCUT2D eigenvalue weighted by Gasteiger charge is -2.32. The van der Waals surface area contributed by atoms with Crippen LogP contribution in [0.25, 0.3) is 0 Å². The molecule has 0 spiro atoms. The van der Waals surface area contributed by atoms with E-state index in [1.165, 1.54) is 0 Å². The molecule has 2 aromatic rings. The molecule has 2 amide bonds. The number of carbonyl (C=O) groups excluding carboxylic acids is 2. The fourth-order valence-electron chi connectivity index (χ4n) is 3.58. The van der Waals surface area contributed by atoms with Crippen molar-refractivity contribution in [3.8, 4) is 5.75 Å². The van der Waals surface area contributed by atoms with E-state index in [9.17, 15) is 9.59 Å². The highest BCUT2D eigenvalue weighted by molar-refractivity contribution is 6.36. The molecular formula is C23H26Cl2N2O3. The Bertz CT molecular complexity index is 954. The van der Waals surface area contributed by atoms with Gasteiger partial charge in [0.25, 0.3) is 11.8 Å². The van der Waals surface area contributed by atoms with Crippen LogP contribution in [0.5, 0.6) is 5.75 Å². The van der Waals surface area contributed by atoms with Crippen LogP contribution in [0.1, 0.15) is 39.9 Å². The maximum Gasteiger partial charge on any atom is 0.260 e. The van der Waals surface area contributed by atoms with Gasteiger partial charge in [0.05, 0.1) is 10.6 Å². The Morgan fingerprint density at radius 1 is 1.07 bits per heavy atom. The van der Waals surface area contributed by atoms with Gasteiger partial charge in [0.1, 0.15) is 5.75 Å². The van der Waals surface area contributed by atoms with Gasteiger partial charge in [0, 0.05) is 24.2 Å². The lowest BCUT2D eigenvalue weighted by Crippen LogP contribution is -2.47. The highest BCUT2D eigenvalue weighted by atomic mass is 35.5. The molecule has 160 valence electrons. The Kier molecular flexibility index (Phi) is 7.27. The summed E-state index contributed by atoms with van der Waals surface area (Å²) in [5.41, 5.74) is 3.62. The fourth-order valence-corrected chi connectivity index (χ4v) is 4.08. The molecule has 30 heavy (non-hydrogen) atoms. The number of amides is 2. The molecule has 1 N–H and O–H groups in total. The van der Waals surface area contributed by atoms with Crippen molar-refractivity contribution in [2.75, 3.05) is 19.7 Å². The molecule has 1 fully saturated rings. The molecule has 0 aromatic heterocycles. The second-order valence-corrected chi connectivity index (χ2v) is 8.54. The van der Waals surface area contributed by atoms with Crippen molar-refractivity contribution < 1.29 is 14.3 Å². The zero-order valence-electron chi connectivity index (χ0n) is 17.4. The quantitative estimate of drug-likeness (QED) is 0.719. The van der Waals surface area contributed by atoms with Crippen LogP contribution in [0, 0.1) is 20.8 Å². The van der Waals surface area contributed by atoms with Gasteiger partial charge in [-0.05, 0) is 68.5 Å². The largest absolute Gasteiger partial charge is 0.483 e. The molecule has 7 heteroatoms. The summed E-state index contributed by atoms with van der Waals surface area (Å²) >= 11 is 12.0. The smallest absolute Gasteiger partial charge is 0.260 e. The lowest BCUT2D eigenvalue weighted by molar-refractivity contribution is -0.134. The summed E-state index contributed by atoms with van der Waals surface area (Å²) in [5, 5.41) is 3.81. The van der Waals surface area contributed by atoms with E-state index in [0.29, 0.717) is 41.5 Å². The normalized spacial score (nSPS) is 14.5. The predicted molar refractivity (Wildman–Crippen MR) is 120 cm³/mol. The average molecular weight is 449 g/mol. The molecule has 0 unspecified atom stereocenters. The minimum absolute atomic E-state index is 0.00419. The number of likely N-dealkylation sites (tertiary alicyclic amines) is 1. The first kappa shape index (κ1) is 22.4. The van der Waals surface area contributed by atoms with E-state index in [-0.39, 0.29) is 24.5 Å². The second kappa shape index (κ2) is 9.71. The lowest BCUT2D eigenvalue weighted by atomic mass is 10.0. The third kappa shape index (κ3) is 5.27. The van der Waals surface area contributed by atoms with Gasteiger partial charge in [-0.25, -0.2) is 0 Å². The molecule has 0 saturated carbocycles. The number of ether oxygens (including phenoxy) is 1. The van der Waals surface area contributed by atoms with Crippen LogP contribution < -0.4 is 10.1 Å². The number of hydrogen-bond acceptors (Lipinski definition) is 3. The number of benzene rings is 2. The zero-order chi connectivity index (χ0) is 21.8. The molecule has 1 aliphatic heterocycles. The van der Waals surface area contributed by atoms with Crippen molar-refractivity contribution >= 4 is 35.0 Å². The van der Waals surface area contributed by atoms with E-state index in [2.05, 4.69) is 11.4 Å². The molecular weight excluding hydrogens is 423 g/mol. The summed E-state index contributed by atoms with van der Waals surface area (Å²) in [5.74, 6) is 0.515. The molecule has 1 aliphatic rings. The summed E-state index contributed by atoms with van der Waals surface area (Å²) in [6.45, 7) is 7.18. The van der Waals surface area contributed by atoms with Gasteiger partial charge in [-0.3, -0.25) is 9.59 Å². The number of halogens is 2. The van der Waals surface area contributed by atoms with Crippen LogP contribution >= 0.6 is 23.2 Å². The Morgan fingerprint density at radius 2 is 1.73 bits per heavy atom. The van der Waals surface area contributed by atoms with E-state index in [1.54, 1.807) is 23.1 Å². The molecule has 3 rings (SSSR count). The molecule has 1 heterocycles. The van der Waals surface area contributed by atoms with Crippen molar-refractivity contribution in [2.24, 2.45) is 0 Å². The van der Waals surface area contributed by atoms with Gasteiger partial charge in [-0.15, -0.1) is 0 Å². The monoisotopic (exact) mass is 448 g/mol. The fraction of sp³-hybridized carbons (Fsp3) is 0.391. The van der Waals surface area contributed by atoms with E-state index < -0.39 is 0 Å². The third-order valence-corrected chi connectivity index (χ3v) is 6.12. The molecule has 0 atom stereocenters. The molecule has 0 bridgehead atoms. The second-order valence-electron chi connectivity index (χ2n) is 7.69. The average Bonchev–Trinajstić information content (AvgIpc) is 2.71. The summed E-state index contributed by atoms with van der Waals surface area (Å²) < 4.78 is 5.85. The number of hydrogen-bond donors (Lipinski definition) is 1. The van der Waals surface area contributed by atoms with Crippen molar-refractivity contribution in [3.05, 3.63) is 62.6 Å². The first-order valence-electron chi connectivity index (χ1n) is 9.99. The number of carbonyl (C=O) groups is 2. The van der Waals surface area contributed by atoms with Crippen molar-refractivity contribution in [1.29, 1.82) is 0 Å². The highest BCUT2D eigenvalue weighted by Crippen LogP contribution is 2.26. The van der Waals surface area contributed by atoms with Gasteiger partial charge in [0.2, 0.25) is 0 Å². The Labute approximate surface area is 187 Å². The van der Waals surface area contributed by atoms with Crippen LogP contribution in [0.2, 0.25) is 10.0 Å². The Hall–Kier alpha value is -2.24. The van der Waals surface area contributed by atoms with Crippen molar-refractivity contribution in [3.63, 3.8) is 0 Å². The van der Waals surface area contributed by atoms with Gasteiger partial charge < -0.3 is 15.0 Å². The van der Waals surface area contributed by atoms with E-state index in [4.69, 9.17) is 27.9 Å². The number of piperidine rings is 1. The van der Waals surface area contributed by atoms with Gasteiger partial charge in [-0.1, -0.05) is 35.3 Å². The topological polar surface area (TPSA) is 58.6 Å². The highest BCUT2D eigenvalue weighted by Gasteiger charge is 2.25. The van der Waals surface area contributed by atoms with Crippen LogP contribution in [0.15, 0.2) is 30.3 Å². The molecule has 5 nitrogen and oxygen atoms in total. The van der Waals surface area contributed by atoms with Crippen molar-refractivity contribution in [1.82, 2.24) is 10.2 Å². The third-order valence-electron chi connectivity index (χ3n) is 5.57. The minimum atomic E-state index is -0.227. The molecule has 0 aliphatic carbocycles. The zero-order valence-corrected chi connectivity index (χ0v) is 18.9. The maximum absolute atomic E-state index is 12.6. The van der Waals surface area contributed by atoms with E-state index >= 15 is 0 Å². The standard InChI is InChI=1S/C23H26Cl2N2O3/c1-14-4-5-15(2)22(16(14)3)30-13-21(28)27-10-8-18(9-11-27)26-23(29)19-7-6-17(24)12-20(19)25/h4-7,12,18H,8-11,13H2,1-3H3,(H,26,29). The van der Waals surface area contributed by atoms with Gasteiger partial charge in [-0.2, -0.15) is 0 Å². The Morgan fingerprint density at radius 3 is 2.40 bits per heavy atom. The predicted octanol–water partition coefficient (Wildman–Crippen LogP) is 4.72. The molecule has 1 saturated heterocycles. The first-order chi connectivity index (χ1) is 14.3. The van der Waals surface area contributed by atoms with E-state index in [0.717, 1.165) is 22.4 Å². The SMILES string of the molecule is Cc1ccc(C)c(OCC(=O)N2CCC(NC(=O)c3ccc(Cl)cc3Cl)CC2)c1C. The van der Waals surface area contributed by atoms with Crippen molar-refractivity contribution in [2.45, 2.75) is 39.7 Å². The summed E-state index contributed by atoms with van der Waals surface area (Å²) in [6, 6.07) is 8.86. The van der Waals surface area contributed by atoms with Gasteiger partial charge >= 0.3 is 0 Å². The minimum Gasteiger partial charge on any atom is -0.483 e.